The van der Waals surface area contributed by atoms with Crippen LogP contribution in [0.3, 0.4) is 0 Å². The van der Waals surface area contributed by atoms with Crippen molar-refractivity contribution in [1.29, 1.82) is 0 Å². The molecule has 1 saturated heterocycles. The van der Waals surface area contributed by atoms with Crippen LogP contribution in [0.2, 0.25) is 0 Å². The molecule has 1 aromatic rings. The molecule has 156 valence electrons. The quantitative estimate of drug-likeness (QED) is 0.585. The molecule has 0 unspecified atom stereocenters. The van der Waals surface area contributed by atoms with Crippen LogP contribution in [-0.2, 0) is 11.0 Å². The van der Waals surface area contributed by atoms with E-state index >= 15 is 0 Å². The van der Waals surface area contributed by atoms with Crippen LogP contribution in [-0.4, -0.2) is 54.5 Å². The highest BCUT2D eigenvalue weighted by atomic mass is 19.4. The van der Waals surface area contributed by atoms with Gasteiger partial charge < -0.3 is 10.2 Å². The second-order valence-corrected chi connectivity index (χ2v) is 7.32. The first-order valence-electron chi connectivity index (χ1n) is 9.11. The van der Waals surface area contributed by atoms with Crippen LogP contribution < -0.4 is 10.2 Å². The molecule has 28 heavy (non-hydrogen) atoms. The molecular formula is C18H25F3N4O3. The molecule has 0 aromatic heterocycles. The van der Waals surface area contributed by atoms with Crippen molar-refractivity contribution in [3.05, 3.63) is 33.9 Å². The van der Waals surface area contributed by atoms with Crippen LogP contribution in [0, 0.1) is 16.0 Å². The molecule has 0 spiro atoms. The summed E-state index contributed by atoms with van der Waals surface area (Å²) in [7, 11) is 0. The Balaban J connectivity index is 2.01. The molecule has 10 heteroatoms. The lowest BCUT2D eigenvalue weighted by Crippen LogP contribution is -2.50. The number of nitro benzene ring substituents is 1. The van der Waals surface area contributed by atoms with E-state index in [1.165, 1.54) is 0 Å². The van der Waals surface area contributed by atoms with Crippen molar-refractivity contribution in [2.45, 2.75) is 33.0 Å². The summed E-state index contributed by atoms with van der Waals surface area (Å²) in [5.41, 5.74) is -1.44. The third-order valence-corrected chi connectivity index (χ3v) is 4.97. The number of hydrogen-bond acceptors (Lipinski definition) is 5. The number of halogens is 3. The number of alkyl halides is 3. The maximum Gasteiger partial charge on any atom is 0.416 e. The van der Waals surface area contributed by atoms with Gasteiger partial charge in [0, 0.05) is 38.3 Å². The number of carbonyl (C=O) groups excluding carboxylic acids is 1. The van der Waals surface area contributed by atoms with Crippen LogP contribution >= 0.6 is 0 Å². The summed E-state index contributed by atoms with van der Waals surface area (Å²) in [6.07, 6.45) is -4.64. The number of nitrogens with one attached hydrogen (secondary N) is 1. The number of amides is 1. The molecule has 0 bridgehead atoms. The maximum atomic E-state index is 12.8. The Labute approximate surface area is 161 Å². The fraction of sp³-hybridized carbons (Fsp3) is 0.611. The second-order valence-electron chi connectivity index (χ2n) is 7.32. The lowest BCUT2D eigenvalue weighted by atomic mass is 10.1. The van der Waals surface area contributed by atoms with E-state index in [1.807, 2.05) is 25.7 Å². The number of carbonyl (C=O) groups is 1. The largest absolute Gasteiger partial charge is 0.416 e. The molecule has 0 aliphatic carbocycles. The average molecular weight is 402 g/mol. The lowest BCUT2D eigenvalue weighted by molar-refractivity contribution is -0.384. The summed E-state index contributed by atoms with van der Waals surface area (Å²) < 4.78 is 38.5. The smallest absolute Gasteiger partial charge is 0.363 e. The van der Waals surface area contributed by atoms with Crippen molar-refractivity contribution in [3.63, 3.8) is 0 Å². The highest BCUT2D eigenvalue weighted by Gasteiger charge is 2.34. The van der Waals surface area contributed by atoms with Gasteiger partial charge in [-0.25, -0.2) is 0 Å². The Morgan fingerprint density at radius 3 is 2.32 bits per heavy atom. The van der Waals surface area contributed by atoms with Gasteiger partial charge in [0.1, 0.15) is 5.69 Å². The Kier molecular flexibility index (Phi) is 6.87. The molecule has 1 heterocycles. The van der Waals surface area contributed by atoms with E-state index in [4.69, 9.17) is 0 Å². The fourth-order valence-corrected chi connectivity index (χ4v) is 2.93. The van der Waals surface area contributed by atoms with Crippen LogP contribution in [0.25, 0.3) is 0 Å². The van der Waals surface area contributed by atoms with Gasteiger partial charge in [0.25, 0.3) is 5.69 Å². The molecule has 1 atom stereocenters. The summed E-state index contributed by atoms with van der Waals surface area (Å²) in [4.78, 5) is 26.2. The summed E-state index contributed by atoms with van der Waals surface area (Å²) in [5.74, 6) is 0.233. The molecule has 0 saturated carbocycles. The third-order valence-electron chi connectivity index (χ3n) is 4.97. The summed E-state index contributed by atoms with van der Waals surface area (Å²) in [5, 5.41) is 14.2. The van der Waals surface area contributed by atoms with Gasteiger partial charge in [-0.1, -0.05) is 13.8 Å². The molecule has 7 nitrogen and oxygen atoms in total. The first-order valence-corrected chi connectivity index (χ1v) is 9.11. The highest BCUT2D eigenvalue weighted by molar-refractivity contribution is 5.78. The minimum atomic E-state index is -4.64. The number of piperazine rings is 1. The molecular weight excluding hydrogens is 377 g/mol. The zero-order valence-corrected chi connectivity index (χ0v) is 16.1. The average Bonchev–Trinajstić information content (AvgIpc) is 2.60. The predicted molar refractivity (Wildman–Crippen MR) is 99.2 cm³/mol. The number of hydrogen-bond donors (Lipinski definition) is 1. The highest BCUT2D eigenvalue weighted by Crippen LogP contribution is 2.36. The lowest BCUT2D eigenvalue weighted by Gasteiger charge is -2.35. The van der Waals surface area contributed by atoms with Gasteiger partial charge in [-0.2, -0.15) is 13.2 Å². The van der Waals surface area contributed by atoms with Crippen LogP contribution in [0.5, 0.6) is 0 Å². The van der Waals surface area contributed by atoms with Crippen LogP contribution in [0.1, 0.15) is 26.3 Å². The standard InChI is InChI=1S/C18H25F3N4O3/c1-12(2)13(3)22-17(26)11-23-6-8-24(9-7-23)15-5-4-14(18(19,20)21)10-16(15)25(27)28/h4-5,10,12-13H,6-9,11H2,1-3H3,(H,22,26)/t13-/m1/s1. The Morgan fingerprint density at radius 1 is 1.21 bits per heavy atom. The van der Waals surface area contributed by atoms with E-state index in [9.17, 15) is 28.1 Å². The molecule has 1 aliphatic heterocycles. The molecule has 1 aliphatic rings. The van der Waals surface area contributed by atoms with Crippen LogP contribution in [0.15, 0.2) is 18.2 Å². The second kappa shape index (κ2) is 8.76. The van der Waals surface area contributed by atoms with Gasteiger partial charge in [0.05, 0.1) is 17.0 Å². The minimum absolute atomic E-state index is 0.0589. The first-order chi connectivity index (χ1) is 13.0. The zero-order chi connectivity index (χ0) is 21.1. The first kappa shape index (κ1) is 21.9. The predicted octanol–water partition coefficient (Wildman–Crippen LogP) is 2.90. The van der Waals surface area contributed by atoms with Crippen LogP contribution in [0.4, 0.5) is 24.5 Å². The van der Waals surface area contributed by atoms with Crippen molar-refractivity contribution in [1.82, 2.24) is 10.2 Å². The van der Waals surface area contributed by atoms with E-state index in [2.05, 4.69) is 5.32 Å². The van der Waals surface area contributed by atoms with E-state index in [0.717, 1.165) is 12.1 Å². The SMILES string of the molecule is CC(C)[C@@H](C)NC(=O)CN1CCN(c2ccc(C(F)(F)F)cc2[N+](=O)[O-])CC1. The normalized spacial score (nSPS) is 16.9. The Hall–Kier alpha value is -2.36. The van der Waals surface area contributed by atoms with Crippen molar-refractivity contribution >= 4 is 17.3 Å². The minimum Gasteiger partial charge on any atom is -0.363 e. The monoisotopic (exact) mass is 402 g/mol. The molecule has 0 radical (unpaired) electrons. The molecule has 1 aromatic carbocycles. The van der Waals surface area contributed by atoms with E-state index in [1.54, 1.807) is 4.90 Å². The van der Waals surface area contributed by atoms with Crippen molar-refractivity contribution in [3.8, 4) is 0 Å². The third kappa shape index (κ3) is 5.57. The van der Waals surface area contributed by atoms with Gasteiger partial charge in [0.2, 0.25) is 5.91 Å². The topological polar surface area (TPSA) is 78.7 Å². The number of rotatable bonds is 6. The van der Waals surface area contributed by atoms with Gasteiger partial charge in [-0.05, 0) is 25.0 Å². The number of benzene rings is 1. The Morgan fingerprint density at radius 2 is 1.82 bits per heavy atom. The Bertz CT molecular complexity index is 717. The molecule has 1 amide bonds. The van der Waals surface area contributed by atoms with E-state index < -0.39 is 22.4 Å². The number of nitro groups is 1. The summed E-state index contributed by atoms with van der Waals surface area (Å²) >= 11 is 0. The molecule has 2 rings (SSSR count). The molecule has 1 N–H and O–H groups in total. The van der Waals surface area contributed by atoms with Crippen molar-refractivity contribution in [2.24, 2.45) is 5.92 Å². The van der Waals surface area contributed by atoms with Crippen molar-refractivity contribution < 1.29 is 22.9 Å². The van der Waals surface area contributed by atoms with Gasteiger partial charge >= 0.3 is 6.18 Å². The zero-order valence-electron chi connectivity index (χ0n) is 16.1. The fourth-order valence-electron chi connectivity index (χ4n) is 2.93. The maximum absolute atomic E-state index is 12.8. The van der Waals surface area contributed by atoms with Gasteiger partial charge in [-0.3, -0.25) is 19.8 Å². The van der Waals surface area contributed by atoms with E-state index in [0.29, 0.717) is 38.2 Å². The number of nitrogens with zero attached hydrogens (tertiary/aromatic N) is 3. The van der Waals surface area contributed by atoms with Crippen molar-refractivity contribution in [2.75, 3.05) is 37.6 Å². The van der Waals surface area contributed by atoms with Gasteiger partial charge in [0.15, 0.2) is 0 Å². The summed E-state index contributed by atoms with van der Waals surface area (Å²) in [6.45, 7) is 7.94. The van der Waals surface area contributed by atoms with Gasteiger partial charge in [-0.15, -0.1) is 0 Å². The summed E-state index contributed by atoms with van der Waals surface area (Å²) in [6, 6.07) is 2.63. The van der Waals surface area contributed by atoms with E-state index in [-0.39, 0.29) is 24.2 Å². The number of anilines is 1. The molecule has 1 fully saturated rings.